The van der Waals surface area contributed by atoms with Crippen LogP contribution in [0.5, 0.6) is 0 Å². The van der Waals surface area contributed by atoms with Gasteiger partial charge in [-0.15, -0.1) is 0 Å². The number of nitrogen functional groups attached to an aromatic ring is 1. The van der Waals surface area contributed by atoms with Crippen molar-refractivity contribution in [2.45, 2.75) is 32.4 Å². The van der Waals surface area contributed by atoms with Gasteiger partial charge in [0.15, 0.2) is 5.78 Å². The summed E-state index contributed by atoms with van der Waals surface area (Å²) in [6.07, 6.45) is -3.49. The molecule has 168 valence electrons. The van der Waals surface area contributed by atoms with Gasteiger partial charge in [-0.25, -0.2) is 9.97 Å². The molecule has 3 N–H and O–H groups in total. The molecule has 1 aromatic carbocycles. The zero-order valence-corrected chi connectivity index (χ0v) is 17.6. The average molecular weight is 468 g/mol. The fraction of sp³-hybridized carbons (Fsp3) is 0.250. The number of nitrogens with one attached hydrogen (secondary N) is 1. The van der Waals surface area contributed by atoms with Crippen molar-refractivity contribution in [3.05, 3.63) is 63.9 Å². The number of aromatic nitrogens is 3. The second-order valence-electron chi connectivity index (χ2n) is 7.05. The molecule has 0 aliphatic heterocycles. The lowest BCUT2D eigenvalue weighted by Crippen LogP contribution is -2.13. The SMILES string of the molecule is Cc1ccc(NC(=O)c2cc(C(C)CC(=O)c3ncnc(N)c3Cl)no2)cc1C(F)(F)F. The number of hydrogen-bond donors (Lipinski definition) is 2. The summed E-state index contributed by atoms with van der Waals surface area (Å²) in [6, 6.07) is 4.74. The summed E-state index contributed by atoms with van der Waals surface area (Å²) >= 11 is 5.96. The van der Waals surface area contributed by atoms with Crippen LogP contribution in [0, 0.1) is 6.92 Å². The largest absolute Gasteiger partial charge is 0.416 e. The molecule has 3 aromatic rings. The third-order valence-corrected chi connectivity index (χ3v) is 5.00. The normalized spacial score (nSPS) is 12.4. The number of ketones is 1. The van der Waals surface area contributed by atoms with Crippen molar-refractivity contribution in [1.82, 2.24) is 15.1 Å². The Balaban J connectivity index is 1.70. The van der Waals surface area contributed by atoms with Gasteiger partial charge in [0.1, 0.15) is 22.9 Å². The molecule has 12 heteroatoms. The molecule has 0 spiro atoms. The first-order valence-electron chi connectivity index (χ1n) is 9.22. The Bertz CT molecular complexity index is 1180. The Hall–Kier alpha value is -3.47. The minimum absolute atomic E-state index is 0.0251. The molecule has 3 rings (SSSR count). The molecule has 8 nitrogen and oxygen atoms in total. The van der Waals surface area contributed by atoms with Crippen molar-refractivity contribution in [3.63, 3.8) is 0 Å². The fourth-order valence-corrected chi connectivity index (χ4v) is 3.09. The summed E-state index contributed by atoms with van der Waals surface area (Å²) in [5, 5.41) is 6.07. The number of carbonyl (C=O) groups is 2. The monoisotopic (exact) mass is 467 g/mol. The Morgan fingerprint density at radius 3 is 2.66 bits per heavy atom. The number of nitrogens with zero attached hydrogens (tertiary/aromatic N) is 3. The summed E-state index contributed by atoms with van der Waals surface area (Å²) in [6.45, 7) is 2.99. The number of anilines is 2. The van der Waals surface area contributed by atoms with Crippen molar-refractivity contribution >= 4 is 34.8 Å². The van der Waals surface area contributed by atoms with E-state index >= 15 is 0 Å². The third-order valence-electron chi connectivity index (χ3n) is 4.63. The first kappa shape index (κ1) is 23.2. The number of nitrogens with two attached hydrogens (primary N) is 1. The number of Topliss-reactive ketones (excluding diaryl/α,β-unsaturated/α-hetero) is 1. The van der Waals surface area contributed by atoms with Gasteiger partial charge in [0.05, 0.1) is 11.3 Å². The number of alkyl halides is 3. The average Bonchev–Trinajstić information content (AvgIpc) is 3.21. The summed E-state index contributed by atoms with van der Waals surface area (Å²) in [7, 11) is 0. The van der Waals surface area contributed by atoms with Gasteiger partial charge in [-0.3, -0.25) is 9.59 Å². The zero-order valence-electron chi connectivity index (χ0n) is 16.8. The number of aryl methyl sites for hydroxylation is 1. The van der Waals surface area contributed by atoms with E-state index in [1.807, 2.05) is 0 Å². The van der Waals surface area contributed by atoms with E-state index in [9.17, 15) is 22.8 Å². The van der Waals surface area contributed by atoms with Crippen LogP contribution in [0.25, 0.3) is 0 Å². The molecule has 2 aromatic heterocycles. The predicted octanol–water partition coefficient (Wildman–Crippen LogP) is 4.66. The highest BCUT2D eigenvalue weighted by Crippen LogP contribution is 2.33. The Morgan fingerprint density at radius 2 is 1.97 bits per heavy atom. The summed E-state index contributed by atoms with van der Waals surface area (Å²) < 4.78 is 44.2. The third kappa shape index (κ3) is 5.05. The van der Waals surface area contributed by atoms with Crippen LogP contribution in [-0.4, -0.2) is 26.8 Å². The number of benzene rings is 1. The maximum Gasteiger partial charge on any atom is 0.416 e. The van der Waals surface area contributed by atoms with Crippen LogP contribution in [0.1, 0.15) is 57.1 Å². The van der Waals surface area contributed by atoms with E-state index in [0.717, 1.165) is 12.4 Å². The highest BCUT2D eigenvalue weighted by molar-refractivity contribution is 6.35. The number of rotatable bonds is 6. The standard InChI is InChI=1S/C20H17ClF3N5O3/c1-9-3-4-11(6-12(9)20(22,23)24)28-19(31)15-7-13(29-32-15)10(2)5-14(30)17-16(21)18(25)27-8-26-17/h3-4,6-8,10H,5H2,1-2H3,(H,28,31)(H2,25,26,27). The first-order valence-corrected chi connectivity index (χ1v) is 9.60. The second-order valence-corrected chi connectivity index (χ2v) is 7.43. The molecule has 1 amide bonds. The van der Waals surface area contributed by atoms with Crippen molar-refractivity contribution in [2.75, 3.05) is 11.1 Å². The van der Waals surface area contributed by atoms with Gasteiger partial charge in [-0.2, -0.15) is 13.2 Å². The van der Waals surface area contributed by atoms with Crippen LogP contribution >= 0.6 is 11.6 Å². The molecule has 0 bridgehead atoms. The molecule has 0 aliphatic carbocycles. The lowest BCUT2D eigenvalue weighted by atomic mass is 9.99. The van der Waals surface area contributed by atoms with E-state index in [0.29, 0.717) is 5.69 Å². The molecule has 1 unspecified atom stereocenters. The van der Waals surface area contributed by atoms with E-state index in [2.05, 4.69) is 20.4 Å². The van der Waals surface area contributed by atoms with E-state index in [-0.39, 0.29) is 40.0 Å². The van der Waals surface area contributed by atoms with Crippen molar-refractivity contribution < 1.29 is 27.3 Å². The van der Waals surface area contributed by atoms with Crippen molar-refractivity contribution in [3.8, 4) is 0 Å². The highest BCUT2D eigenvalue weighted by atomic mass is 35.5. The van der Waals surface area contributed by atoms with Crippen LogP contribution in [0.15, 0.2) is 35.1 Å². The van der Waals surface area contributed by atoms with Gasteiger partial charge in [0.25, 0.3) is 5.91 Å². The molecule has 1 atom stereocenters. The van der Waals surface area contributed by atoms with Gasteiger partial charge < -0.3 is 15.6 Å². The minimum Gasteiger partial charge on any atom is -0.382 e. The summed E-state index contributed by atoms with van der Waals surface area (Å²) in [4.78, 5) is 32.4. The quantitative estimate of drug-likeness (QED) is 0.505. The van der Waals surface area contributed by atoms with Gasteiger partial charge >= 0.3 is 6.18 Å². The summed E-state index contributed by atoms with van der Waals surface area (Å²) in [5.41, 5.74) is 4.95. The first-order chi connectivity index (χ1) is 15.0. The van der Waals surface area contributed by atoms with Gasteiger partial charge in [-0.05, 0) is 24.6 Å². The fourth-order valence-electron chi connectivity index (χ4n) is 2.88. The molecule has 0 aliphatic rings. The lowest BCUT2D eigenvalue weighted by Gasteiger charge is -2.12. The van der Waals surface area contributed by atoms with Crippen LogP contribution in [0.2, 0.25) is 5.02 Å². The number of amides is 1. The minimum atomic E-state index is -4.55. The van der Waals surface area contributed by atoms with Crippen LogP contribution in [-0.2, 0) is 6.18 Å². The maximum atomic E-state index is 13.1. The smallest absolute Gasteiger partial charge is 0.382 e. The Morgan fingerprint density at radius 1 is 1.25 bits per heavy atom. The molecule has 0 saturated carbocycles. The second kappa shape index (κ2) is 8.95. The van der Waals surface area contributed by atoms with E-state index in [1.54, 1.807) is 6.92 Å². The van der Waals surface area contributed by atoms with Crippen LogP contribution < -0.4 is 11.1 Å². The highest BCUT2D eigenvalue weighted by Gasteiger charge is 2.32. The molecular weight excluding hydrogens is 451 g/mol. The van der Waals surface area contributed by atoms with Crippen molar-refractivity contribution in [1.29, 1.82) is 0 Å². The number of halogens is 4. The number of carbonyl (C=O) groups excluding carboxylic acids is 2. The van der Waals surface area contributed by atoms with Gasteiger partial charge in [-0.1, -0.05) is 29.7 Å². The topological polar surface area (TPSA) is 124 Å². The molecule has 32 heavy (non-hydrogen) atoms. The number of hydrogen-bond acceptors (Lipinski definition) is 7. The Labute approximate surface area is 185 Å². The molecule has 0 fully saturated rings. The molecule has 2 heterocycles. The zero-order chi connectivity index (χ0) is 23.6. The Kier molecular flexibility index (Phi) is 6.49. The summed E-state index contributed by atoms with van der Waals surface area (Å²) in [5.74, 6) is -1.92. The predicted molar refractivity (Wildman–Crippen MR) is 109 cm³/mol. The molecule has 0 saturated heterocycles. The maximum absolute atomic E-state index is 13.1. The van der Waals surface area contributed by atoms with E-state index in [4.69, 9.17) is 21.9 Å². The van der Waals surface area contributed by atoms with E-state index in [1.165, 1.54) is 25.1 Å². The van der Waals surface area contributed by atoms with Gasteiger partial charge in [0, 0.05) is 24.1 Å². The lowest BCUT2D eigenvalue weighted by molar-refractivity contribution is -0.138. The van der Waals surface area contributed by atoms with Crippen molar-refractivity contribution in [2.24, 2.45) is 0 Å². The van der Waals surface area contributed by atoms with Crippen LogP contribution in [0.3, 0.4) is 0 Å². The van der Waals surface area contributed by atoms with Gasteiger partial charge in [0.2, 0.25) is 5.76 Å². The van der Waals surface area contributed by atoms with E-state index < -0.39 is 29.3 Å². The molecule has 0 radical (unpaired) electrons. The van der Waals surface area contributed by atoms with Crippen LogP contribution in [0.4, 0.5) is 24.7 Å². The molecular formula is C20H17ClF3N5O3.